The van der Waals surface area contributed by atoms with E-state index in [9.17, 15) is 19.2 Å². The largest absolute Gasteiger partial charge is 0.453 e. The lowest BCUT2D eigenvalue weighted by molar-refractivity contribution is -0.122. The molecule has 0 bridgehead atoms. The van der Waals surface area contributed by atoms with Crippen LogP contribution in [-0.4, -0.2) is 55.7 Å². The second-order valence-corrected chi connectivity index (χ2v) is 11.0. The van der Waals surface area contributed by atoms with E-state index in [1.165, 1.54) is 6.20 Å². The summed E-state index contributed by atoms with van der Waals surface area (Å²) >= 11 is 0. The van der Waals surface area contributed by atoms with E-state index in [2.05, 4.69) is 35.5 Å². The van der Waals surface area contributed by atoms with Gasteiger partial charge in [0, 0.05) is 5.56 Å². The van der Waals surface area contributed by atoms with Crippen molar-refractivity contribution in [2.75, 3.05) is 12.4 Å². The van der Waals surface area contributed by atoms with E-state index in [0.29, 0.717) is 22.6 Å². The zero-order chi connectivity index (χ0) is 32.3. The van der Waals surface area contributed by atoms with Crippen molar-refractivity contribution >= 4 is 34.6 Å². The number of amides is 2. The summed E-state index contributed by atoms with van der Waals surface area (Å²) in [5.74, 6) is -1.35. The van der Waals surface area contributed by atoms with Crippen molar-refractivity contribution in [3.63, 3.8) is 0 Å². The number of oxazole rings is 1. The maximum atomic E-state index is 13.6. The molecule has 232 valence electrons. The van der Waals surface area contributed by atoms with Crippen molar-refractivity contribution < 1.29 is 28.0 Å². The monoisotopic (exact) mass is 613 g/mol. The molecule has 14 nitrogen and oxygen atoms in total. The van der Waals surface area contributed by atoms with Crippen molar-refractivity contribution in [3.05, 3.63) is 88.8 Å². The van der Waals surface area contributed by atoms with Crippen LogP contribution in [0.5, 0.6) is 0 Å². The molecule has 0 aliphatic rings. The molecule has 0 fully saturated rings. The molecule has 45 heavy (non-hydrogen) atoms. The number of fused-ring (bicyclic) bond motifs is 1. The van der Waals surface area contributed by atoms with Crippen LogP contribution in [0.1, 0.15) is 50.2 Å². The van der Waals surface area contributed by atoms with Gasteiger partial charge in [0.25, 0.3) is 11.4 Å². The quantitative estimate of drug-likeness (QED) is 0.217. The zero-order valence-corrected chi connectivity index (χ0v) is 25.2. The third-order valence-corrected chi connectivity index (χ3v) is 7.07. The smallest absolute Gasteiger partial charge is 0.411 e. The fraction of sp³-hybridized carbons (Fsp3) is 0.290. The molecule has 5 aromatic rings. The highest BCUT2D eigenvalue weighted by Crippen LogP contribution is 2.32. The molecule has 14 heteroatoms. The number of methoxy groups -OCH3 is 1. The summed E-state index contributed by atoms with van der Waals surface area (Å²) in [6.45, 7) is 6.53. The standard InChI is InChI=1S/C31H31N7O7/c1-17(2)23(24(40)26-36-37-29(45-26)31(3,4)28-33-19-13-9-10-14-21(19)44-28)35-22(39)16-38-25(18-11-7-6-8-12-18)32-15-20(27(38)41)34-30(42)43-5/h6-15,17,23H,16H2,1-5H3,(H,34,42)(H,35,39)/t23-/m0/s1. The third-order valence-electron chi connectivity index (χ3n) is 7.07. The van der Waals surface area contributed by atoms with Gasteiger partial charge in [-0.3, -0.25) is 24.3 Å². The van der Waals surface area contributed by atoms with Crippen LogP contribution in [-0.2, 0) is 21.5 Å². The molecule has 0 saturated carbocycles. The van der Waals surface area contributed by atoms with Gasteiger partial charge in [0.15, 0.2) is 5.58 Å². The van der Waals surface area contributed by atoms with Gasteiger partial charge in [-0.1, -0.05) is 56.3 Å². The number of rotatable bonds is 10. The predicted molar refractivity (Wildman–Crippen MR) is 161 cm³/mol. The summed E-state index contributed by atoms with van der Waals surface area (Å²) < 4.78 is 17.4. The fourth-order valence-electron chi connectivity index (χ4n) is 4.54. The Bertz CT molecular complexity index is 1890. The van der Waals surface area contributed by atoms with Gasteiger partial charge in [0.1, 0.15) is 29.0 Å². The van der Waals surface area contributed by atoms with Gasteiger partial charge >= 0.3 is 6.09 Å². The number of ketones is 1. The Balaban J connectivity index is 1.39. The van der Waals surface area contributed by atoms with Gasteiger partial charge in [0.2, 0.25) is 23.5 Å². The normalized spacial score (nSPS) is 12.2. The first kappa shape index (κ1) is 30.8. The number of nitrogens with one attached hydrogen (secondary N) is 2. The number of carbonyl (C=O) groups excluding carboxylic acids is 3. The summed E-state index contributed by atoms with van der Waals surface area (Å²) in [4.78, 5) is 60.9. The summed E-state index contributed by atoms with van der Waals surface area (Å²) in [7, 11) is 1.15. The Labute approximate surface area is 256 Å². The molecule has 0 aliphatic carbocycles. The SMILES string of the molecule is COC(=O)Nc1cnc(-c2ccccc2)n(CC(=O)N[C@H](C(=O)c2nnc(C(C)(C)c3nc4ccccc4o3)o2)C(C)C)c1=O. The topological polar surface area (TPSA) is 184 Å². The maximum absolute atomic E-state index is 13.6. The lowest BCUT2D eigenvalue weighted by atomic mass is 9.93. The van der Waals surface area contributed by atoms with Gasteiger partial charge in [-0.2, -0.15) is 0 Å². The molecule has 2 N–H and O–H groups in total. The lowest BCUT2D eigenvalue weighted by Gasteiger charge is -2.21. The highest BCUT2D eigenvalue weighted by molar-refractivity contribution is 5.98. The first-order valence-corrected chi connectivity index (χ1v) is 14.0. The summed E-state index contributed by atoms with van der Waals surface area (Å²) in [5, 5.41) is 13.1. The van der Waals surface area contributed by atoms with Gasteiger partial charge in [0.05, 0.1) is 19.3 Å². The number of ether oxygens (including phenoxy) is 1. The fourth-order valence-corrected chi connectivity index (χ4v) is 4.54. The summed E-state index contributed by atoms with van der Waals surface area (Å²) in [6, 6.07) is 15.0. The zero-order valence-electron chi connectivity index (χ0n) is 25.2. The number of carbonyl (C=O) groups is 3. The Hall–Kier alpha value is -5.66. The minimum absolute atomic E-state index is 0.103. The number of aromatic nitrogens is 5. The molecular weight excluding hydrogens is 582 g/mol. The van der Waals surface area contributed by atoms with E-state index in [0.717, 1.165) is 11.7 Å². The van der Waals surface area contributed by atoms with E-state index in [1.54, 1.807) is 64.1 Å². The Morgan fingerprint density at radius 2 is 1.69 bits per heavy atom. The van der Waals surface area contributed by atoms with Crippen LogP contribution in [0, 0.1) is 5.92 Å². The number of Topliss-reactive ketones (excluding diaryl/α,β-unsaturated/α-hetero) is 1. The maximum Gasteiger partial charge on any atom is 0.411 e. The number of hydrogen-bond acceptors (Lipinski definition) is 11. The first-order valence-electron chi connectivity index (χ1n) is 14.0. The molecule has 3 heterocycles. The van der Waals surface area contributed by atoms with Gasteiger partial charge in [-0.15, -0.1) is 10.2 Å². The number of para-hydroxylation sites is 2. The van der Waals surface area contributed by atoms with E-state index >= 15 is 0 Å². The molecule has 0 spiro atoms. The lowest BCUT2D eigenvalue weighted by Crippen LogP contribution is -2.46. The molecule has 3 aromatic heterocycles. The van der Waals surface area contributed by atoms with Crippen LogP contribution in [0.3, 0.4) is 0 Å². The second kappa shape index (κ2) is 12.5. The van der Waals surface area contributed by atoms with E-state index in [1.807, 2.05) is 18.2 Å². The van der Waals surface area contributed by atoms with E-state index in [-0.39, 0.29) is 23.3 Å². The van der Waals surface area contributed by atoms with Gasteiger partial charge < -0.3 is 18.9 Å². The molecule has 2 aromatic carbocycles. The summed E-state index contributed by atoms with van der Waals surface area (Å²) in [6.07, 6.45) is 0.312. The van der Waals surface area contributed by atoms with Crippen LogP contribution < -0.4 is 16.2 Å². The van der Waals surface area contributed by atoms with Crippen molar-refractivity contribution in [1.82, 2.24) is 30.0 Å². The first-order chi connectivity index (χ1) is 21.5. The van der Waals surface area contributed by atoms with Crippen LogP contribution in [0.15, 0.2) is 74.4 Å². The molecular formula is C31H31N7O7. The molecule has 0 radical (unpaired) electrons. The highest BCUT2D eigenvalue weighted by Gasteiger charge is 2.37. The molecule has 0 unspecified atom stereocenters. The minimum Gasteiger partial charge on any atom is -0.453 e. The predicted octanol–water partition coefficient (Wildman–Crippen LogP) is 3.96. The summed E-state index contributed by atoms with van der Waals surface area (Å²) in [5.41, 5.74) is -0.0357. The second-order valence-electron chi connectivity index (χ2n) is 11.0. The van der Waals surface area contributed by atoms with E-state index < -0.39 is 47.3 Å². The molecule has 0 saturated heterocycles. The third kappa shape index (κ3) is 6.34. The molecule has 0 aliphatic heterocycles. The number of benzene rings is 2. The van der Waals surface area contributed by atoms with Crippen molar-refractivity contribution in [2.45, 2.75) is 45.7 Å². The van der Waals surface area contributed by atoms with Crippen LogP contribution in [0.4, 0.5) is 10.5 Å². The average molecular weight is 614 g/mol. The van der Waals surface area contributed by atoms with Crippen LogP contribution in [0.2, 0.25) is 0 Å². The number of hydrogen-bond donors (Lipinski definition) is 2. The Morgan fingerprint density at radius 3 is 2.38 bits per heavy atom. The average Bonchev–Trinajstić information content (AvgIpc) is 3.71. The van der Waals surface area contributed by atoms with Gasteiger partial charge in [-0.05, 0) is 31.9 Å². The number of nitrogens with zero attached hydrogens (tertiary/aromatic N) is 5. The molecule has 1 atom stereocenters. The molecule has 5 rings (SSSR count). The van der Waals surface area contributed by atoms with E-state index in [4.69, 9.17) is 8.83 Å². The highest BCUT2D eigenvalue weighted by atomic mass is 16.5. The van der Waals surface area contributed by atoms with Crippen molar-refractivity contribution in [3.8, 4) is 11.4 Å². The van der Waals surface area contributed by atoms with Gasteiger partial charge in [-0.25, -0.2) is 14.8 Å². The van der Waals surface area contributed by atoms with Crippen LogP contribution >= 0.6 is 0 Å². The number of anilines is 1. The van der Waals surface area contributed by atoms with Crippen LogP contribution in [0.25, 0.3) is 22.5 Å². The van der Waals surface area contributed by atoms with Crippen molar-refractivity contribution in [2.24, 2.45) is 5.92 Å². The Kier molecular flexibility index (Phi) is 8.57. The molecule has 2 amide bonds. The minimum atomic E-state index is -1.07. The van der Waals surface area contributed by atoms with Crippen molar-refractivity contribution in [1.29, 1.82) is 0 Å². The Morgan fingerprint density at radius 1 is 0.978 bits per heavy atom.